The summed E-state index contributed by atoms with van der Waals surface area (Å²) in [6.45, 7) is 3.59. The fourth-order valence-corrected chi connectivity index (χ4v) is 0.746. The van der Waals surface area contributed by atoms with Gasteiger partial charge in [0.25, 0.3) is 0 Å². The van der Waals surface area contributed by atoms with Crippen LogP contribution in [-0.4, -0.2) is 0 Å². The van der Waals surface area contributed by atoms with Crippen molar-refractivity contribution >= 4 is 0 Å². The Morgan fingerprint density at radius 3 is 2.60 bits per heavy atom. The minimum Gasteiger partial charge on any atom is -0.619 e. The van der Waals surface area contributed by atoms with E-state index in [1.165, 1.54) is 12.4 Å². The van der Waals surface area contributed by atoms with Crippen LogP contribution in [0.3, 0.4) is 0 Å². The summed E-state index contributed by atoms with van der Waals surface area (Å²) in [7, 11) is 0. The van der Waals surface area contributed by atoms with Crippen LogP contribution in [0.15, 0.2) is 37.2 Å². The molecule has 0 radical (unpaired) electrons. The molecule has 0 spiro atoms. The second kappa shape index (κ2) is 3.01. The number of pyridine rings is 1. The smallest absolute Gasteiger partial charge is 0.180 e. The summed E-state index contributed by atoms with van der Waals surface area (Å²) in [4.78, 5) is 0. The molecular formula is C8H9NO. The van der Waals surface area contributed by atoms with E-state index in [4.69, 9.17) is 0 Å². The molecule has 0 unspecified atom stereocenters. The number of hydrogen-bond acceptors (Lipinski definition) is 1. The van der Waals surface area contributed by atoms with E-state index in [-0.39, 0.29) is 0 Å². The zero-order valence-corrected chi connectivity index (χ0v) is 5.66. The van der Waals surface area contributed by atoms with Crippen molar-refractivity contribution in [3.63, 3.8) is 0 Å². The van der Waals surface area contributed by atoms with Crippen LogP contribution >= 0.6 is 0 Å². The Bertz CT molecular complexity index is 215. The lowest BCUT2D eigenvalue weighted by atomic mass is 10.2. The van der Waals surface area contributed by atoms with Gasteiger partial charge in [0.15, 0.2) is 12.4 Å². The van der Waals surface area contributed by atoms with E-state index < -0.39 is 0 Å². The summed E-state index contributed by atoms with van der Waals surface area (Å²) in [6.07, 6.45) is 5.60. The molecular weight excluding hydrogens is 126 g/mol. The van der Waals surface area contributed by atoms with Gasteiger partial charge in [-0.05, 0) is 12.0 Å². The highest BCUT2D eigenvalue weighted by atomic mass is 16.5. The molecule has 1 aromatic rings. The maximum atomic E-state index is 10.5. The summed E-state index contributed by atoms with van der Waals surface area (Å²) in [5.74, 6) is 0. The van der Waals surface area contributed by atoms with Crippen LogP contribution in [0, 0.1) is 5.21 Å². The van der Waals surface area contributed by atoms with E-state index in [0.717, 1.165) is 16.7 Å². The fraction of sp³-hybridized carbons (Fsp3) is 0.125. The van der Waals surface area contributed by atoms with Gasteiger partial charge >= 0.3 is 0 Å². The van der Waals surface area contributed by atoms with Crippen molar-refractivity contribution < 1.29 is 4.73 Å². The Morgan fingerprint density at radius 2 is 2.10 bits per heavy atom. The zero-order valence-electron chi connectivity index (χ0n) is 5.66. The molecule has 1 aromatic heterocycles. The van der Waals surface area contributed by atoms with Crippen LogP contribution in [0.2, 0.25) is 0 Å². The second-order valence-corrected chi connectivity index (χ2v) is 2.06. The van der Waals surface area contributed by atoms with Crippen molar-refractivity contribution in [3.05, 3.63) is 48.0 Å². The van der Waals surface area contributed by atoms with Gasteiger partial charge in [0, 0.05) is 12.1 Å². The first kappa shape index (κ1) is 6.81. The molecule has 0 aliphatic heterocycles. The molecule has 0 saturated heterocycles. The van der Waals surface area contributed by atoms with E-state index in [2.05, 4.69) is 6.58 Å². The highest BCUT2D eigenvalue weighted by Crippen LogP contribution is 1.95. The molecule has 1 rings (SSSR count). The molecule has 0 aliphatic carbocycles. The van der Waals surface area contributed by atoms with Gasteiger partial charge in [-0.25, -0.2) is 0 Å². The van der Waals surface area contributed by atoms with E-state index in [1.807, 2.05) is 6.08 Å². The largest absolute Gasteiger partial charge is 0.619 e. The van der Waals surface area contributed by atoms with Gasteiger partial charge in [-0.3, -0.25) is 0 Å². The first-order valence-electron chi connectivity index (χ1n) is 3.11. The molecule has 0 aliphatic rings. The summed E-state index contributed by atoms with van der Waals surface area (Å²) in [6, 6.07) is 3.57. The summed E-state index contributed by atoms with van der Waals surface area (Å²) in [5.41, 5.74) is 1.11. The van der Waals surface area contributed by atoms with E-state index in [9.17, 15) is 5.21 Å². The number of allylic oxidation sites excluding steroid dienone is 1. The van der Waals surface area contributed by atoms with Crippen LogP contribution in [-0.2, 0) is 6.42 Å². The average molecular weight is 135 g/mol. The van der Waals surface area contributed by atoms with Crippen molar-refractivity contribution in [1.29, 1.82) is 0 Å². The van der Waals surface area contributed by atoms with Gasteiger partial charge in [0.1, 0.15) is 0 Å². The molecule has 2 heteroatoms. The molecule has 0 saturated carbocycles. The lowest BCUT2D eigenvalue weighted by Crippen LogP contribution is -2.23. The molecule has 0 aromatic carbocycles. The molecule has 2 nitrogen and oxygen atoms in total. The minimum atomic E-state index is 0.770. The summed E-state index contributed by atoms with van der Waals surface area (Å²) >= 11 is 0. The normalized spacial score (nSPS) is 9.20. The molecule has 0 amide bonds. The number of hydrogen-bond donors (Lipinski definition) is 0. The van der Waals surface area contributed by atoms with Crippen molar-refractivity contribution in [3.8, 4) is 0 Å². The third-order valence-electron chi connectivity index (χ3n) is 1.25. The molecule has 52 valence electrons. The molecule has 10 heavy (non-hydrogen) atoms. The third-order valence-corrected chi connectivity index (χ3v) is 1.25. The van der Waals surface area contributed by atoms with Crippen molar-refractivity contribution in [2.24, 2.45) is 0 Å². The number of rotatable bonds is 2. The fourth-order valence-electron chi connectivity index (χ4n) is 0.746. The van der Waals surface area contributed by atoms with Gasteiger partial charge in [0.05, 0.1) is 0 Å². The highest BCUT2D eigenvalue weighted by Gasteiger charge is 1.89. The van der Waals surface area contributed by atoms with E-state index in [0.29, 0.717) is 0 Å². The Labute approximate surface area is 60.0 Å². The van der Waals surface area contributed by atoms with E-state index >= 15 is 0 Å². The quantitative estimate of drug-likeness (QED) is 0.338. The Morgan fingerprint density at radius 1 is 1.50 bits per heavy atom. The van der Waals surface area contributed by atoms with Gasteiger partial charge in [-0.1, -0.05) is 6.08 Å². The van der Waals surface area contributed by atoms with E-state index in [1.54, 1.807) is 12.1 Å². The van der Waals surface area contributed by atoms with Gasteiger partial charge in [-0.2, -0.15) is 4.73 Å². The standard InChI is InChI=1S/C8H9NO/c1-2-3-8-4-6-9(10)7-5-8/h2,4-7H,1,3H2. The minimum absolute atomic E-state index is 0.770. The Hall–Kier alpha value is -1.31. The molecule has 0 N–H and O–H groups in total. The topological polar surface area (TPSA) is 26.9 Å². The SMILES string of the molecule is C=CCc1cc[n+]([O-])cc1. The number of nitrogens with zero attached hydrogens (tertiary/aromatic N) is 1. The van der Waals surface area contributed by atoms with Crippen molar-refractivity contribution in [2.75, 3.05) is 0 Å². The second-order valence-electron chi connectivity index (χ2n) is 2.06. The molecule has 0 bridgehead atoms. The van der Waals surface area contributed by atoms with Crippen LogP contribution in [0.1, 0.15) is 5.56 Å². The van der Waals surface area contributed by atoms with Crippen molar-refractivity contribution in [1.82, 2.24) is 0 Å². The Balaban J connectivity index is 2.78. The Kier molecular flexibility index (Phi) is 2.05. The average Bonchev–Trinajstić information content (AvgIpc) is 1.95. The summed E-state index contributed by atoms with van der Waals surface area (Å²) in [5, 5.41) is 10.5. The zero-order chi connectivity index (χ0) is 7.40. The lowest BCUT2D eigenvalue weighted by Gasteiger charge is -1.95. The van der Waals surface area contributed by atoms with Gasteiger partial charge in [-0.15, -0.1) is 6.58 Å². The van der Waals surface area contributed by atoms with Gasteiger partial charge < -0.3 is 5.21 Å². The predicted molar refractivity (Wildman–Crippen MR) is 39.3 cm³/mol. The monoisotopic (exact) mass is 135 g/mol. The van der Waals surface area contributed by atoms with Crippen LogP contribution < -0.4 is 4.73 Å². The van der Waals surface area contributed by atoms with Crippen LogP contribution in [0.5, 0.6) is 0 Å². The molecule has 1 heterocycles. The highest BCUT2D eigenvalue weighted by molar-refractivity contribution is 5.10. The molecule has 0 fully saturated rings. The number of aromatic nitrogens is 1. The lowest BCUT2D eigenvalue weighted by molar-refractivity contribution is -0.605. The van der Waals surface area contributed by atoms with Crippen LogP contribution in [0.25, 0.3) is 0 Å². The maximum Gasteiger partial charge on any atom is 0.180 e. The molecule has 0 atom stereocenters. The first-order chi connectivity index (χ1) is 4.83. The van der Waals surface area contributed by atoms with Crippen molar-refractivity contribution in [2.45, 2.75) is 6.42 Å². The summed E-state index contributed by atoms with van der Waals surface area (Å²) < 4.78 is 0.770. The third kappa shape index (κ3) is 1.58. The predicted octanol–water partition coefficient (Wildman–Crippen LogP) is 1.05. The maximum absolute atomic E-state index is 10.5. The van der Waals surface area contributed by atoms with Gasteiger partial charge in [0.2, 0.25) is 0 Å². The first-order valence-corrected chi connectivity index (χ1v) is 3.11. The van der Waals surface area contributed by atoms with Crippen LogP contribution in [0.4, 0.5) is 0 Å².